The first-order chi connectivity index (χ1) is 8.24. The zero-order valence-electron chi connectivity index (χ0n) is 9.96. The molecule has 7 heteroatoms. The fraction of sp³-hybridized carbons (Fsp3) is 0.818. The fourth-order valence-electron chi connectivity index (χ4n) is 2.36. The molecule has 1 rings (SSSR count). The minimum atomic E-state index is -4.48. The van der Waals surface area contributed by atoms with E-state index in [0.717, 1.165) is 6.42 Å². The molecule has 2 N–H and O–H groups in total. The molecule has 0 aromatic carbocycles. The first-order valence-electron chi connectivity index (χ1n) is 5.81. The third kappa shape index (κ3) is 3.89. The Hall–Kier alpha value is -1.27. The van der Waals surface area contributed by atoms with Gasteiger partial charge in [-0.05, 0) is 18.8 Å². The first kappa shape index (κ1) is 14.8. The highest BCUT2D eigenvalue weighted by Gasteiger charge is 2.42. The number of rotatable bonds is 4. The Kier molecular flexibility index (Phi) is 4.59. The maximum Gasteiger partial charge on any atom is 0.405 e. The number of aliphatic carboxylic acids is 1. The van der Waals surface area contributed by atoms with Crippen LogP contribution in [0, 0.1) is 17.8 Å². The molecule has 0 aromatic heterocycles. The Morgan fingerprint density at radius 2 is 1.83 bits per heavy atom. The summed E-state index contributed by atoms with van der Waals surface area (Å²) in [5, 5.41) is 10.7. The summed E-state index contributed by atoms with van der Waals surface area (Å²) < 4.78 is 35.9. The molecule has 1 aliphatic carbocycles. The second-order valence-corrected chi connectivity index (χ2v) is 4.63. The van der Waals surface area contributed by atoms with E-state index in [-0.39, 0.29) is 5.92 Å². The van der Waals surface area contributed by atoms with E-state index in [1.165, 1.54) is 0 Å². The van der Waals surface area contributed by atoms with E-state index in [4.69, 9.17) is 5.11 Å². The Balaban J connectivity index is 2.62. The van der Waals surface area contributed by atoms with Crippen LogP contribution in [0.15, 0.2) is 0 Å². The fourth-order valence-corrected chi connectivity index (χ4v) is 2.36. The number of carbonyl (C=O) groups excluding carboxylic acids is 1. The van der Waals surface area contributed by atoms with Gasteiger partial charge in [0.2, 0.25) is 5.91 Å². The number of alkyl halides is 3. The Morgan fingerprint density at radius 3 is 2.28 bits per heavy atom. The van der Waals surface area contributed by atoms with Gasteiger partial charge in [0.25, 0.3) is 0 Å². The molecule has 3 unspecified atom stereocenters. The summed E-state index contributed by atoms with van der Waals surface area (Å²) in [6.07, 6.45) is -3.04. The number of carbonyl (C=O) groups is 2. The van der Waals surface area contributed by atoms with Crippen molar-refractivity contribution in [3.05, 3.63) is 0 Å². The van der Waals surface area contributed by atoms with Crippen LogP contribution in [0.2, 0.25) is 0 Å². The van der Waals surface area contributed by atoms with E-state index in [9.17, 15) is 22.8 Å². The summed E-state index contributed by atoms with van der Waals surface area (Å²) in [7, 11) is 0. The van der Waals surface area contributed by atoms with Crippen LogP contribution >= 0.6 is 0 Å². The highest BCUT2D eigenvalue weighted by atomic mass is 19.4. The lowest BCUT2D eigenvalue weighted by Gasteiger charge is -2.16. The van der Waals surface area contributed by atoms with Crippen molar-refractivity contribution in [1.29, 1.82) is 0 Å². The number of carboxylic acids is 1. The Morgan fingerprint density at radius 1 is 1.28 bits per heavy atom. The smallest absolute Gasteiger partial charge is 0.405 e. The van der Waals surface area contributed by atoms with Crippen molar-refractivity contribution in [3.8, 4) is 0 Å². The summed E-state index contributed by atoms with van der Waals surface area (Å²) in [5.74, 6) is -3.56. The highest BCUT2D eigenvalue weighted by Crippen LogP contribution is 2.38. The molecule has 0 spiro atoms. The lowest BCUT2D eigenvalue weighted by molar-refractivity contribution is -0.148. The summed E-state index contributed by atoms with van der Waals surface area (Å²) in [4.78, 5) is 22.6. The van der Waals surface area contributed by atoms with Crippen molar-refractivity contribution in [2.24, 2.45) is 17.8 Å². The molecule has 4 nitrogen and oxygen atoms in total. The van der Waals surface area contributed by atoms with Gasteiger partial charge in [-0.3, -0.25) is 9.59 Å². The molecule has 1 fully saturated rings. The van der Waals surface area contributed by atoms with Gasteiger partial charge in [-0.1, -0.05) is 13.3 Å². The van der Waals surface area contributed by atoms with E-state index in [1.807, 2.05) is 6.92 Å². The predicted molar refractivity (Wildman–Crippen MR) is 56.7 cm³/mol. The maximum absolute atomic E-state index is 12.0. The average Bonchev–Trinajstić information content (AvgIpc) is 2.69. The molecule has 1 amide bonds. The molecular formula is C11H16F3NO3. The summed E-state index contributed by atoms with van der Waals surface area (Å²) in [6, 6.07) is 0. The Labute approximate surface area is 103 Å². The summed E-state index contributed by atoms with van der Waals surface area (Å²) in [5.41, 5.74) is 0. The zero-order chi connectivity index (χ0) is 13.9. The number of halogens is 3. The molecule has 0 aromatic rings. The van der Waals surface area contributed by atoms with Crippen LogP contribution in [0.1, 0.15) is 26.2 Å². The van der Waals surface area contributed by atoms with E-state index in [1.54, 1.807) is 5.32 Å². The molecule has 0 heterocycles. The van der Waals surface area contributed by atoms with Crippen molar-refractivity contribution in [2.75, 3.05) is 6.54 Å². The minimum absolute atomic E-state index is 0.0905. The van der Waals surface area contributed by atoms with Crippen LogP contribution in [-0.4, -0.2) is 29.7 Å². The number of carboxylic acid groups (broad SMARTS) is 1. The minimum Gasteiger partial charge on any atom is -0.481 e. The standard InChI is InChI=1S/C11H16F3NO3/c1-2-6-3-7(8(4-6)10(17)18)9(16)15-5-11(12,13)14/h6-8H,2-5H2,1H3,(H,15,16)(H,17,18). The van der Waals surface area contributed by atoms with E-state index in [2.05, 4.69) is 0 Å². The van der Waals surface area contributed by atoms with Gasteiger partial charge in [-0.25, -0.2) is 0 Å². The van der Waals surface area contributed by atoms with Crippen LogP contribution in [0.25, 0.3) is 0 Å². The van der Waals surface area contributed by atoms with Crippen LogP contribution in [0.3, 0.4) is 0 Å². The van der Waals surface area contributed by atoms with Crippen molar-refractivity contribution in [1.82, 2.24) is 5.32 Å². The molecule has 1 saturated carbocycles. The van der Waals surface area contributed by atoms with Crippen molar-refractivity contribution in [3.63, 3.8) is 0 Å². The van der Waals surface area contributed by atoms with Gasteiger partial charge >= 0.3 is 12.1 Å². The highest BCUT2D eigenvalue weighted by molar-refractivity contribution is 5.85. The molecule has 0 radical (unpaired) electrons. The van der Waals surface area contributed by atoms with Crippen LogP contribution in [-0.2, 0) is 9.59 Å². The van der Waals surface area contributed by atoms with Gasteiger partial charge < -0.3 is 10.4 Å². The predicted octanol–water partition coefficient (Wildman–Crippen LogP) is 1.80. The van der Waals surface area contributed by atoms with Gasteiger partial charge in [0, 0.05) is 0 Å². The van der Waals surface area contributed by atoms with Gasteiger partial charge in [0.15, 0.2) is 0 Å². The van der Waals surface area contributed by atoms with Crippen LogP contribution in [0.5, 0.6) is 0 Å². The van der Waals surface area contributed by atoms with Crippen molar-refractivity contribution < 1.29 is 27.9 Å². The van der Waals surface area contributed by atoms with E-state index >= 15 is 0 Å². The number of hydrogen-bond donors (Lipinski definition) is 2. The quantitative estimate of drug-likeness (QED) is 0.816. The van der Waals surface area contributed by atoms with Crippen molar-refractivity contribution >= 4 is 11.9 Å². The van der Waals surface area contributed by atoms with Crippen LogP contribution < -0.4 is 5.32 Å². The normalized spacial score (nSPS) is 28.1. The SMILES string of the molecule is CCC1CC(C(=O)O)C(C(=O)NCC(F)(F)F)C1. The van der Waals surface area contributed by atoms with Gasteiger partial charge in [0.1, 0.15) is 6.54 Å². The van der Waals surface area contributed by atoms with E-state index in [0.29, 0.717) is 12.8 Å². The molecule has 0 aliphatic heterocycles. The third-order valence-corrected chi connectivity index (χ3v) is 3.35. The average molecular weight is 267 g/mol. The lowest BCUT2D eigenvalue weighted by atomic mass is 9.95. The van der Waals surface area contributed by atoms with E-state index < -0.39 is 36.4 Å². The van der Waals surface area contributed by atoms with Gasteiger partial charge in [-0.2, -0.15) is 13.2 Å². The maximum atomic E-state index is 12.0. The topological polar surface area (TPSA) is 66.4 Å². The van der Waals surface area contributed by atoms with Gasteiger partial charge in [0.05, 0.1) is 11.8 Å². The van der Waals surface area contributed by atoms with Crippen molar-refractivity contribution in [2.45, 2.75) is 32.4 Å². The molecule has 104 valence electrons. The lowest BCUT2D eigenvalue weighted by Crippen LogP contribution is -2.40. The molecule has 1 aliphatic rings. The molecule has 18 heavy (non-hydrogen) atoms. The Bertz CT molecular complexity index is 330. The number of amides is 1. The monoisotopic (exact) mass is 267 g/mol. The van der Waals surface area contributed by atoms with Crippen LogP contribution in [0.4, 0.5) is 13.2 Å². The second-order valence-electron chi connectivity index (χ2n) is 4.63. The number of hydrogen-bond acceptors (Lipinski definition) is 2. The first-order valence-corrected chi connectivity index (χ1v) is 5.81. The second kappa shape index (κ2) is 5.58. The largest absolute Gasteiger partial charge is 0.481 e. The third-order valence-electron chi connectivity index (χ3n) is 3.35. The summed E-state index contributed by atoms with van der Waals surface area (Å²) in [6.45, 7) is 0.463. The number of nitrogens with one attached hydrogen (secondary N) is 1. The molecule has 0 bridgehead atoms. The summed E-state index contributed by atoms with van der Waals surface area (Å²) >= 11 is 0. The molecule has 3 atom stereocenters. The molecular weight excluding hydrogens is 251 g/mol. The van der Waals surface area contributed by atoms with Gasteiger partial charge in [-0.15, -0.1) is 0 Å². The molecule has 0 saturated heterocycles. The zero-order valence-corrected chi connectivity index (χ0v) is 9.96.